The number of carbonyl (C=O) groups is 3. The highest BCUT2D eigenvalue weighted by Crippen LogP contribution is 2.26. The van der Waals surface area contributed by atoms with Crippen molar-refractivity contribution in [3.05, 3.63) is 70.2 Å². The molecule has 3 aromatic rings. The van der Waals surface area contributed by atoms with E-state index in [0.29, 0.717) is 15.7 Å². The highest BCUT2D eigenvalue weighted by molar-refractivity contribution is 7.13. The fourth-order valence-corrected chi connectivity index (χ4v) is 3.49. The van der Waals surface area contributed by atoms with Crippen molar-refractivity contribution in [3.63, 3.8) is 0 Å². The number of benzene rings is 2. The topological polar surface area (TPSA) is 114 Å². The van der Waals surface area contributed by atoms with Crippen LogP contribution < -0.4 is 16.4 Å². The van der Waals surface area contributed by atoms with Gasteiger partial charge >= 0.3 is 0 Å². The third-order valence-electron chi connectivity index (χ3n) is 3.89. The molecule has 0 aliphatic heterocycles. The van der Waals surface area contributed by atoms with Gasteiger partial charge in [0, 0.05) is 28.9 Å². The summed E-state index contributed by atoms with van der Waals surface area (Å²) in [5.41, 5.74) is 6.73. The van der Waals surface area contributed by atoms with E-state index >= 15 is 0 Å². The summed E-state index contributed by atoms with van der Waals surface area (Å²) in [7, 11) is 0. The second-order valence-corrected chi connectivity index (χ2v) is 7.31. The average Bonchev–Trinajstić information content (AvgIpc) is 3.18. The van der Waals surface area contributed by atoms with Crippen molar-refractivity contribution in [2.24, 2.45) is 5.73 Å². The number of halogens is 1. The lowest BCUT2D eigenvalue weighted by molar-refractivity contribution is -0.117. The lowest BCUT2D eigenvalue weighted by Gasteiger charge is -2.10. The number of nitrogens with two attached hydrogens (primary N) is 1. The van der Waals surface area contributed by atoms with Gasteiger partial charge in [-0.2, -0.15) is 0 Å². The molecule has 4 N–H and O–H groups in total. The smallest absolute Gasteiger partial charge is 0.275 e. The summed E-state index contributed by atoms with van der Waals surface area (Å²) in [5.74, 6) is -1.36. The van der Waals surface area contributed by atoms with Crippen LogP contribution in [0.3, 0.4) is 0 Å². The Morgan fingerprint density at radius 3 is 2.62 bits per heavy atom. The number of aromatic nitrogens is 1. The van der Waals surface area contributed by atoms with Crippen molar-refractivity contribution < 1.29 is 14.4 Å². The molecule has 0 spiro atoms. The van der Waals surface area contributed by atoms with E-state index in [2.05, 4.69) is 15.6 Å². The monoisotopic (exact) mass is 428 g/mol. The van der Waals surface area contributed by atoms with Gasteiger partial charge in [-0.3, -0.25) is 14.4 Å². The van der Waals surface area contributed by atoms with Crippen LogP contribution >= 0.6 is 22.9 Å². The quantitative estimate of drug-likeness (QED) is 0.535. The standard InChI is InChI=1S/C20H17ClN4O3S/c21-13-5-3-4-12(10-13)20-25-16(11-29-20)19(28)24-15-7-2-1-6-14(15)18(27)23-9-8-17(22)26/h1-7,10-11H,8-9H2,(H2,22,26)(H,23,27)(H,24,28). The van der Waals surface area contributed by atoms with Crippen LogP contribution in [0.5, 0.6) is 0 Å². The van der Waals surface area contributed by atoms with Gasteiger partial charge in [0.25, 0.3) is 11.8 Å². The number of hydrogen-bond donors (Lipinski definition) is 3. The van der Waals surface area contributed by atoms with E-state index in [1.807, 2.05) is 12.1 Å². The van der Waals surface area contributed by atoms with Gasteiger partial charge in [0.2, 0.25) is 5.91 Å². The predicted molar refractivity (Wildman–Crippen MR) is 113 cm³/mol. The molecule has 0 saturated heterocycles. The number of para-hydroxylation sites is 1. The first kappa shape index (κ1) is 20.5. The molecular formula is C20H17ClN4O3S. The van der Waals surface area contributed by atoms with E-state index in [-0.39, 0.29) is 24.2 Å². The van der Waals surface area contributed by atoms with Crippen LogP contribution in [-0.4, -0.2) is 29.3 Å². The lowest BCUT2D eigenvalue weighted by atomic mass is 10.1. The predicted octanol–water partition coefficient (Wildman–Crippen LogP) is 3.32. The lowest BCUT2D eigenvalue weighted by Crippen LogP contribution is -2.28. The Labute approximate surface area is 175 Å². The Balaban J connectivity index is 1.73. The summed E-state index contributed by atoms with van der Waals surface area (Å²) in [6, 6.07) is 13.8. The van der Waals surface area contributed by atoms with Gasteiger partial charge in [0.1, 0.15) is 10.7 Å². The molecule has 1 heterocycles. The molecule has 0 radical (unpaired) electrons. The number of nitrogens with zero attached hydrogens (tertiary/aromatic N) is 1. The number of thiazole rings is 1. The van der Waals surface area contributed by atoms with E-state index < -0.39 is 17.7 Å². The summed E-state index contributed by atoms with van der Waals surface area (Å²) in [6.07, 6.45) is 0.0331. The van der Waals surface area contributed by atoms with E-state index in [1.165, 1.54) is 11.3 Å². The van der Waals surface area contributed by atoms with Crippen molar-refractivity contribution in [2.75, 3.05) is 11.9 Å². The molecule has 0 aliphatic carbocycles. The third kappa shape index (κ3) is 5.40. The van der Waals surface area contributed by atoms with Crippen molar-refractivity contribution in [3.8, 4) is 10.6 Å². The van der Waals surface area contributed by atoms with Crippen LogP contribution in [0, 0.1) is 0 Å². The Morgan fingerprint density at radius 2 is 1.86 bits per heavy atom. The molecule has 0 atom stereocenters. The molecule has 0 bridgehead atoms. The molecule has 3 amide bonds. The van der Waals surface area contributed by atoms with Crippen molar-refractivity contribution in [1.29, 1.82) is 0 Å². The number of anilines is 1. The minimum absolute atomic E-state index is 0.0331. The molecule has 7 nitrogen and oxygen atoms in total. The highest BCUT2D eigenvalue weighted by Gasteiger charge is 2.16. The van der Waals surface area contributed by atoms with E-state index in [9.17, 15) is 14.4 Å². The van der Waals surface area contributed by atoms with Gasteiger partial charge in [-0.25, -0.2) is 4.98 Å². The second-order valence-electron chi connectivity index (χ2n) is 6.02. The maximum atomic E-state index is 12.6. The van der Waals surface area contributed by atoms with Crippen molar-refractivity contribution in [1.82, 2.24) is 10.3 Å². The van der Waals surface area contributed by atoms with Crippen LogP contribution in [-0.2, 0) is 4.79 Å². The van der Waals surface area contributed by atoms with Crippen LogP contribution in [0.15, 0.2) is 53.9 Å². The van der Waals surface area contributed by atoms with E-state index in [0.717, 1.165) is 5.56 Å². The van der Waals surface area contributed by atoms with Gasteiger partial charge in [-0.15, -0.1) is 11.3 Å². The fourth-order valence-electron chi connectivity index (χ4n) is 2.50. The zero-order valence-electron chi connectivity index (χ0n) is 15.1. The summed E-state index contributed by atoms with van der Waals surface area (Å²) < 4.78 is 0. The summed E-state index contributed by atoms with van der Waals surface area (Å²) >= 11 is 7.33. The zero-order valence-corrected chi connectivity index (χ0v) is 16.7. The Kier molecular flexibility index (Phi) is 6.58. The van der Waals surface area contributed by atoms with Crippen molar-refractivity contribution in [2.45, 2.75) is 6.42 Å². The fraction of sp³-hybridized carbons (Fsp3) is 0.100. The van der Waals surface area contributed by atoms with Crippen LogP contribution in [0.2, 0.25) is 5.02 Å². The van der Waals surface area contributed by atoms with Crippen LogP contribution in [0.4, 0.5) is 5.69 Å². The highest BCUT2D eigenvalue weighted by atomic mass is 35.5. The molecule has 148 valence electrons. The van der Waals surface area contributed by atoms with Gasteiger partial charge < -0.3 is 16.4 Å². The first-order valence-electron chi connectivity index (χ1n) is 8.62. The minimum atomic E-state index is -0.508. The summed E-state index contributed by atoms with van der Waals surface area (Å²) in [4.78, 5) is 40.1. The first-order chi connectivity index (χ1) is 13.9. The van der Waals surface area contributed by atoms with Gasteiger partial charge in [0.05, 0.1) is 11.3 Å². The average molecular weight is 429 g/mol. The minimum Gasteiger partial charge on any atom is -0.370 e. The first-order valence-corrected chi connectivity index (χ1v) is 9.88. The number of primary amides is 1. The molecule has 0 unspecified atom stereocenters. The van der Waals surface area contributed by atoms with Crippen LogP contribution in [0.25, 0.3) is 10.6 Å². The summed E-state index contributed by atoms with van der Waals surface area (Å²) in [6.45, 7) is 0.117. The van der Waals surface area contributed by atoms with E-state index in [1.54, 1.807) is 41.8 Å². The maximum Gasteiger partial charge on any atom is 0.275 e. The normalized spacial score (nSPS) is 10.4. The van der Waals surface area contributed by atoms with E-state index in [4.69, 9.17) is 17.3 Å². The number of carbonyl (C=O) groups excluding carboxylic acids is 3. The molecule has 0 saturated carbocycles. The zero-order chi connectivity index (χ0) is 20.8. The third-order valence-corrected chi connectivity index (χ3v) is 5.01. The van der Waals surface area contributed by atoms with Gasteiger partial charge in [0.15, 0.2) is 0 Å². The number of rotatable bonds is 7. The van der Waals surface area contributed by atoms with Crippen molar-refractivity contribution >= 4 is 46.3 Å². The number of hydrogen-bond acceptors (Lipinski definition) is 5. The molecular weight excluding hydrogens is 412 g/mol. The molecule has 2 aromatic carbocycles. The number of amides is 3. The molecule has 9 heteroatoms. The van der Waals surface area contributed by atoms with Crippen LogP contribution in [0.1, 0.15) is 27.3 Å². The Morgan fingerprint density at radius 1 is 1.07 bits per heavy atom. The summed E-state index contributed by atoms with van der Waals surface area (Å²) in [5, 5.41) is 8.19. The maximum absolute atomic E-state index is 12.6. The van der Waals surface area contributed by atoms with Gasteiger partial charge in [-0.05, 0) is 24.3 Å². The Hall–Kier alpha value is -3.23. The SMILES string of the molecule is NC(=O)CCNC(=O)c1ccccc1NC(=O)c1csc(-c2cccc(Cl)c2)n1. The number of nitrogens with one attached hydrogen (secondary N) is 2. The molecule has 1 aromatic heterocycles. The molecule has 3 rings (SSSR count). The molecule has 0 fully saturated rings. The largest absolute Gasteiger partial charge is 0.370 e. The second kappa shape index (κ2) is 9.31. The molecule has 29 heavy (non-hydrogen) atoms. The van der Waals surface area contributed by atoms with Gasteiger partial charge in [-0.1, -0.05) is 35.9 Å². The molecule has 0 aliphatic rings. The Bertz CT molecular complexity index is 1070.